The number of benzene rings is 1. The molecule has 2 aromatic rings. The molecule has 0 amide bonds. The highest BCUT2D eigenvalue weighted by Gasteiger charge is 2.18. The van der Waals surface area contributed by atoms with Crippen LogP contribution in [0.2, 0.25) is 10.3 Å². The number of hydrogen-bond donors (Lipinski definition) is 0. The fraction of sp³-hybridized carbons (Fsp3) is 0.167. The monoisotopic (exact) mass is 334 g/mol. The summed E-state index contributed by atoms with van der Waals surface area (Å²) in [5.41, 5.74) is 0.303. The molecule has 0 saturated heterocycles. The van der Waals surface area contributed by atoms with Crippen LogP contribution in [0.25, 0.3) is 11.1 Å². The van der Waals surface area contributed by atoms with Crippen LogP contribution in [0.3, 0.4) is 0 Å². The van der Waals surface area contributed by atoms with Crippen LogP contribution in [0.1, 0.15) is 5.82 Å². The van der Waals surface area contributed by atoms with Gasteiger partial charge in [0.1, 0.15) is 27.7 Å². The molecule has 0 N–H and O–H groups in total. The van der Waals surface area contributed by atoms with Crippen molar-refractivity contribution < 1.29 is 12.8 Å². The zero-order chi connectivity index (χ0) is 14.9. The highest BCUT2D eigenvalue weighted by atomic mass is 35.5. The van der Waals surface area contributed by atoms with E-state index in [1.54, 1.807) is 6.07 Å². The molecule has 0 spiro atoms. The highest BCUT2D eigenvalue weighted by molar-refractivity contribution is 7.89. The fourth-order valence-corrected chi connectivity index (χ4v) is 2.86. The second-order valence-electron chi connectivity index (χ2n) is 4.15. The Hall–Kier alpha value is -1.24. The standard InChI is InChI=1S/C12H9Cl2FN2O2S/c1-20(18,19)6-9-16-11(13)10(12(14)17-9)7-4-2-3-5-8(7)15/h2-5H,6H2,1H3. The molecule has 20 heavy (non-hydrogen) atoms. The summed E-state index contributed by atoms with van der Waals surface area (Å²) in [6, 6.07) is 5.89. The predicted octanol–water partition coefficient (Wildman–Crippen LogP) is 3.13. The Kier molecular flexibility index (Phi) is 4.27. The SMILES string of the molecule is CS(=O)(=O)Cc1nc(Cl)c(-c2ccccc2F)c(Cl)n1. The second-order valence-corrected chi connectivity index (χ2v) is 7.00. The Bertz CT molecular complexity index is 743. The third-order valence-corrected chi connectivity index (χ3v) is 3.73. The van der Waals surface area contributed by atoms with Gasteiger partial charge in [-0.15, -0.1) is 0 Å². The number of halogens is 3. The molecule has 106 valence electrons. The Morgan fingerprint density at radius 3 is 2.20 bits per heavy atom. The number of hydrogen-bond acceptors (Lipinski definition) is 4. The van der Waals surface area contributed by atoms with Gasteiger partial charge in [0.15, 0.2) is 9.84 Å². The number of sulfone groups is 1. The number of nitrogens with zero attached hydrogens (tertiary/aromatic N) is 2. The van der Waals surface area contributed by atoms with Gasteiger partial charge in [0.05, 0.1) is 5.56 Å². The summed E-state index contributed by atoms with van der Waals surface area (Å²) in [5.74, 6) is -0.928. The molecule has 0 aliphatic rings. The van der Waals surface area contributed by atoms with E-state index in [0.29, 0.717) is 0 Å². The largest absolute Gasteiger partial charge is 0.229 e. The van der Waals surface area contributed by atoms with Gasteiger partial charge in [-0.3, -0.25) is 0 Å². The lowest BCUT2D eigenvalue weighted by Crippen LogP contribution is -2.06. The molecule has 8 heteroatoms. The lowest BCUT2D eigenvalue weighted by Gasteiger charge is -2.08. The summed E-state index contributed by atoms with van der Waals surface area (Å²) in [5, 5.41) is -0.178. The summed E-state index contributed by atoms with van der Waals surface area (Å²) >= 11 is 11.9. The third-order valence-electron chi connectivity index (χ3n) is 2.40. The second kappa shape index (κ2) is 5.63. The summed E-state index contributed by atoms with van der Waals surface area (Å²) in [4.78, 5) is 7.72. The van der Waals surface area contributed by atoms with Gasteiger partial charge in [0.25, 0.3) is 0 Å². The molecule has 4 nitrogen and oxygen atoms in total. The fourth-order valence-electron chi connectivity index (χ4n) is 1.63. The summed E-state index contributed by atoms with van der Waals surface area (Å²) in [7, 11) is -3.31. The van der Waals surface area contributed by atoms with E-state index in [1.165, 1.54) is 18.2 Å². The molecule has 1 aromatic carbocycles. The molecule has 0 atom stereocenters. The van der Waals surface area contributed by atoms with Crippen LogP contribution in [0.15, 0.2) is 24.3 Å². The molecule has 2 rings (SSSR count). The lowest BCUT2D eigenvalue weighted by atomic mass is 10.1. The van der Waals surface area contributed by atoms with Gasteiger partial charge >= 0.3 is 0 Å². The van der Waals surface area contributed by atoms with Gasteiger partial charge in [0.2, 0.25) is 0 Å². The first-order chi connectivity index (χ1) is 9.28. The van der Waals surface area contributed by atoms with Crippen LogP contribution >= 0.6 is 23.2 Å². The van der Waals surface area contributed by atoms with Crippen LogP contribution in [0.4, 0.5) is 4.39 Å². The maximum absolute atomic E-state index is 13.7. The van der Waals surface area contributed by atoms with E-state index in [-0.39, 0.29) is 33.0 Å². The van der Waals surface area contributed by atoms with Crippen LogP contribution in [-0.2, 0) is 15.6 Å². The van der Waals surface area contributed by atoms with Gasteiger partial charge in [-0.25, -0.2) is 22.8 Å². The molecule has 0 aliphatic heterocycles. The van der Waals surface area contributed by atoms with Gasteiger partial charge in [0, 0.05) is 11.8 Å². The first-order valence-electron chi connectivity index (χ1n) is 5.42. The van der Waals surface area contributed by atoms with Crippen molar-refractivity contribution >= 4 is 33.0 Å². The normalized spacial score (nSPS) is 11.6. The van der Waals surface area contributed by atoms with E-state index in [9.17, 15) is 12.8 Å². The Morgan fingerprint density at radius 1 is 1.15 bits per heavy atom. The maximum atomic E-state index is 13.7. The van der Waals surface area contributed by atoms with E-state index in [1.807, 2.05) is 0 Å². The van der Waals surface area contributed by atoms with Crippen molar-refractivity contribution in [3.63, 3.8) is 0 Å². The lowest BCUT2D eigenvalue weighted by molar-refractivity contribution is 0.599. The number of rotatable bonds is 3. The minimum Gasteiger partial charge on any atom is -0.229 e. The molecule has 0 fully saturated rings. The van der Waals surface area contributed by atoms with E-state index in [2.05, 4.69) is 9.97 Å². The molecule has 0 bridgehead atoms. The Morgan fingerprint density at radius 2 is 1.70 bits per heavy atom. The van der Waals surface area contributed by atoms with Gasteiger partial charge in [-0.2, -0.15) is 0 Å². The van der Waals surface area contributed by atoms with Crippen molar-refractivity contribution in [2.45, 2.75) is 5.75 Å². The molecular formula is C12H9Cl2FN2O2S. The zero-order valence-corrected chi connectivity index (χ0v) is 12.6. The van der Waals surface area contributed by atoms with E-state index < -0.39 is 15.7 Å². The van der Waals surface area contributed by atoms with Crippen molar-refractivity contribution in [2.75, 3.05) is 6.26 Å². The van der Waals surface area contributed by atoms with Crippen LogP contribution < -0.4 is 0 Å². The Balaban J connectivity index is 2.55. The van der Waals surface area contributed by atoms with Crippen LogP contribution in [-0.4, -0.2) is 24.6 Å². The van der Waals surface area contributed by atoms with Crippen molar-refractivity contribution in [1.82, 2.24) is 9.97 Å². The Labute approximate surface area is 125 Å². The quantitative estimate of drug-likeness (QED) is 0.809. The summed E-state index contributed by atoms with van der Waals surface area (Å²) in [6.07, 6.45) is 1.04. The molecular weight excluding hydrogens is 326 g/mol. The third kappa shape index (κ3) is 3.45. The van der Waals surface area contributed by atoms with Crippen molar-refractivity contribution in [3.8, 4) is 11.1 Å². The van der Waals surface area contributed by atoms with Crippen molar-refractivity contribution in [3.05, 3.63) is 46.2 Å². The van der Waals surface area contributed by atoms with Gasteiger partial charge in [-0.1, -0.05) is 41.4 Å². The zero-order valence-electron chi connectivity index (χ0n) is 10.3. The van der Waals surface area contributed by atoms with E-state index in [4.69, 9.17) is 23.2 Å². The molecule has 1 aromatic heterocycles. The maximum Gasteiger partial charge on any atom is 0.154 e. The van der Waals surface area contributed by atoms with Crippen LogP contribution in [0, 0.1) is 5.82 Å². The van der Waals surface area contributed by atoms with Gasteiger partial charge < -0.3 is 0 Å². The molecule has 0 aliphatic carbocycles. The topological polar surface area (TPSA) is 59.9 Å². The molecule has 0 saturated carbocycles. The minimum absolute atomic E-state index is 0.0254. The average Bonchev–Trinajstić information content (AvgIpc) is 2.28. The first kappa shape index (κ1) is 15.2. The molecule has 1 heterocycles. The van der Waals surface area contributed by atoms with Crippen molar-refractivity contribution in [2.24, 2.45) is 0 Å². The average molecular weight is 335 g/mol. The smallest absolute Gasteiger partial charge is 0.154 e. The summed E-state index contributed by atoms with van der Waals surface area (Å²) in [6.45, 7) is 0. The molecule has 0 radical (unpaired) electrons. The van der Waals surface area contributed by atoms with Crippen molar-refractivity contribution in [1.29, 1.82) is 0 Å². The summed E-state index contributed by atoms with van der Waals surface area (Å²) < 4.78 is 36.2. The van der Waals surface area contributed by atoms with E-state index in [0.717, 1.165) is 6.26 Å². The minimum atomic E-state index is -3.31. The van der Waals surface area contributed by atoms with Crippen LogP contribution in [0.5, 0.6) is 0 Å². The molecule has 0 unspecified atom stereocenters. The predicted molar refractivity (Wildman–Crippen MR) is 76.0 cm³/mol. The van der Waals surface area contributed by atoms with Gasteiger partial charge in [-0.05, 0) is 6.07 Å². The highest BCUT2D eigenvalue weighted by Crippen LogP contribution is 2.33. The number of aromatic nitrogens is 2. The first-order valence-corrected chi connectivity index (χ1v) is 8.24. The van der Waals surface area contributed by atoms with E-state index >= 15 is 0 Å².